The number of anilines is 1. The number of fused-ring (bicyclic) bond motifs is 3. The molecule has 4 atom stereocenters. The van der Waals surface area contributed by atoms with Crippen molar-refractivity contribution < 1.29 is 9.13 Å². The van der Waals surface area contributed by atoms with Gasteiger partial charge in [0.05, 0.1) is 41.0 Å². The molecule has 168 valence electrons. The number of ether oxygens (including phenoxy) is 1. The van der Waals surface area contributed by atoms with E-state index in [1.54, 1.807) is 6.07 Å². The van der Waals surface area contributed by atoms with E-state index in [4.69, 9.17) is 14.8 Å². The Morgan fingerprint density at radius 2 is 2.03 bits per heavy atom. The smallest absolute Gasteiger partial charge is 0.135 e. The van der Waals surface area contributed by atoms with Crippen LogP contribution in [0.25, 0.3) is 11.3 Å². The van der Waals surface area contributed by atoms with E-state index in [9.17, 15) is 4.39 Å². The summed E-state index contributed by atoms with van der Waals surface area (Å²) in [5.74, 6) is 1.15. The molecule has 2 unspecified atom stereocenters. The minimum Gasteiger partial charge on any atom is -0.379 e. The summed E-state index contributed by atoms with van der Waals surface area (Å²) in [6.07, 6.45) is 2.25. The second-order valence-electron chi connectivity index (χ2n) is 9.74. The molecule has 7 rings (SSSR count). The first-order chi connectivity index (χ1) is 16.1. The molecular formula is C26H25FN4OS. The Hall–Kier alpha value is -2.64. The molecular weight excluding hydrogens is 435 g/mol. The number of halogens is 1. The third-order valence-corrected chi connectivity index (χ3v) is 10.0. The Morgan fingerprint density at radius 1 is 1.18 bits per heavy atom. The highest BCUT2D eigenvalue weighted by Crippen LogP contribution is 2.91. The van der Waals surface area contributed by atoms with Crippen LogP contribution in [0.15, 0.2) is 42.5 Å². The maximum atomic E-state index is 14.6. The van der Waals surface area contributed by atoms with E-state index >= 15 is 0 Å². The Kier molecular flexibility index (Phi) is 4.02. The molecule has 2 saturated carbocycles. The highest BCUT2D eigenvalue weighted by Gasteiger charge is 2.87. The molecule has 1 aliphatic heterocycles. The number of pyridine rings is 1. The number of benzene rings is 1. The molecule has 3 aliphatic carbocycles. The average Bonchev–Trinajstić information content (AvgIpc) is 3.67. The molecule has 0 bridgehead atoms. The monoisotopic (exact) mass is 460 g/mol. The lowest BCUT2D eigenvalue weighted by atomic mass is 9.93. The predicted octanol–water partition coefficient (Wildman–Crippen LogP) is 4.98. The van der Waals surface area contributed by atoms with Gasteiger partial charge in [0.15, 0.2) is 0 Å². The topological polar surface area (TPSA) is 59.9 Å². The molecule has 0 radical (unpaired) electrons. The first-order valence-corrected chi connectivity index (χ1v) is 12.9. The van der Waals surface area contributed by atoms with E-state index < -0.39 is 0 Å². The van der Waals surface area contributed by atoms with E-state index in [1.807, 2.05) is 19.1 Å². The zero-order valence-electron chi connectivity index (χ0n) is 18.6. The van der Waals surface area contributed by atoms with Gasteiger partial charge in [-0.3, -0.25) is 0 Å². The van der Waals surface area contributed by atoms with Crippen molar-refractivity contribution in [2.24, 2.45) is 5.41 Å². The highest BCUT2D eigenvalue weighted by atomic mass is 32.2. The molecule has 4 aliphatic rings. The molecule has 2 aromatic heterocycles. The summed E-state index contributed by atoms with van der Waals surface area (Å²) in [5, 5.41) is 12.0. The van der Waals surface area contributed by atoms with E-state index in [-0.39, 0.29) is 27.3 Å². The summed E-state index contributed by atoms with van der Waals surface area (Å²) < 4.78 is 23.6. The third-order valence-electron chi connectivity index (χ3n) is 8.09. The number of rotatable bonds is 5. The number of aryl methyl sites for hydroxylation is 1. The van der Waals surface area contributed by atoms with Crippen LogP contribution in [-0.4, -0.2) is 39.0 Å². The van der Waals surface area contributed by atoms with Crippen molar-refractivity contribution in [2.45, 2.75) is 43.3 Å². The normalized spacial score (nSPS) is 29.6. The van der Waals surface area contributed by atoms with E-state index in [2.05, 4.69) is 40.3 Å². The molecule has 1 N–H and O–H groups in total. The fraction of sp³-hybridized carbons (Fsp3) is 0.385. The van der Waals surface area contributed by atoms with Gasteiger partial charge >= 0.3 is 0 Å². The summed E-state index contributed by atoms with van der Waals surface area (Å²) in [6.45, 7) is 5.63. The second kappa shape index (κ2) is 6.70. The van der Waals surface area contributed by atoms with Crippen molar-refractivity contribution in [1.82, 2.24) is 15.2 Å². The van der Waals surface area contributed by atoms with Crippen LogP contribution in [0, 0.1) is 18.2 Å². The van der Waals surface area contributed by atoms with Crippen molar-refractivity contribution in [1.29, 1.82) is 0 Å². The molecule has 0 amide bonds. The van der Waals surface area contributed by atoms with Gasteiger partial charge < -0.3 is 9.46 Å². The van der Waals surface area contributed by atoms with Crippen LogP contribution < -0.4 is 4.72 Å². The number of hydrogen-bond acceptors (Lipinski definition) is 5. The van der Waals surface area contributed by atoms with Crippen LogP contribution in [-0.2, 0) is 10.2 Å². The minimum atomic E-state index is -0.243. The molecule has 7 heteroatoms. The van der Waals surface area contributed by atoms with Gasteiger partial charge in [0.1, 0.15) is 11.6 Å². The SMILES string of the molecule is C/C=S(/Nc1cccc([C@]23CC24C[C@H]4c2cc(-c4c(C)cccc4F)nnc23)n1)C1COC1. The number of nitrogens with one attached hydrogen (secondary N) is 1. The van der Waals surface area contributed by atoms with Crippen molar-refractivity contribution in [3.63, 3.8) is 0 Å². The van der Waals surface area contributed by atoms with E-state index in [1.165, 1.54) is 11.6 Å². The number of nitrogens with zero attached hydrogens (tertiary/aromatic N) is 3. The molecule has 3 aromatic rings. The van der Waals surface area contributed by atoms with Crippen molar-refractivity contribution in [3.8, 4) is 11.3 Å². The lowest BCUT2D eigenvalue weighted by Gasteiger charge is -2.30. The fourth-order valence-corrected chi connectivity index (χ4v) is 7.73. The van der Waals surface area contributed by atoms with Gasteiger partial charge in [0, 0.05) is 5.56 Å². The lowest BCUT2D eigenvalue weighted by Crippen LogP contribution is -2.33. The van der Waals surface area contributed by atoms with Crippen LogP contribution in [0.5, 0.6) is 0 Å². The average molecular weight is 461 g/mol. The maximum absolute atomic E-state index is 14.6. The van der Waals surface area contributed by atoms with Gasteiger partial charge in [-0.05, 0) is 78.8 Å². The van der Waals surface area contributed by atoms with Crippen LogP contribution >= 0.6 is 10.7 Å². The first kappa shape index (κ1) is 19.8. The van der Waals surface area contributed by atoms with Gasteiger partial charge in [0.2, 0.25) is 0 Å². The molecule has 3 heterocycles. The quantitative estimate of drug-likeness (QED) is 0.544. The van der Waals surface area contributed by atoms with Gasteiger partial charge in [-0.2, -0.15) is 10.2 Å². The molecule has 3 fully saturated rings. The van der Waals surface area contributed by atoms with E-state index in [0.29, 0.717) is 22.4 Å². The van der Waals surface area contributed by atoms with E-state index in [0.717, 1.165) is 48.8 Å². The second-order valence-corrected chi connectivity index (χ2v) is 11.8. The Balaban J connectivity index is 1.26. The predicted molar refractivity (Wildman–Crippen MR) is 129 cm³/mol. The summed E-state index contributed by atoms with van der Waals surface area (Å²) in [7, 11) is -0.0501. The maximum Gasteiger partial charge on any atom is 0.135 e. The van der Waals surface area contributed by atoms with Crippen LogP contribution in [0.4, 0.5) is 10.2 Å². The zero-order chi connectivity index (χ0) is 22.4. The molecule has 1 spiro atoms. The van der Waals surface area contributed by atoms with Crippen molar-refractivity contribution in [2.75, 3.05) is 17.9 Å². The van der Waals surface area contributed by atoms with Crippen LogP contribution in [0.2, 0.25) is 0 Å². The first-order valence-electron chi connectivity index (χ1n) is 11.5. The number of aromatic nitrogens is 3. The minimum absolute atomic E-state index is 0.0501. The largest absolute Gasteiger partial charge is 0.379 e. The highest BCUT2D eigenvalue weighted by molar-refractivity contribution is 8.16. The van der Waals surface area contributed by atoms with Crippen LogP contribution in [0.1, 0.15) is 48.2 Å². The Morgan fingerprint density at radius 3 is 2.79 bits per heavy atom. The Bertz CT molecular complexity index is 1340. The molecule has 33 heavy (non-hydrogen) atoms. The van der Waals surface area contributed by atoms with Gasteiger partial charge in [-0.15, -0.1) is 0 Å². The third kappa shape index (κ3) is 2.58. The Labute approximate surface area is 194 Å². The summed E-state index contributed by atoms with van der Waals surface area (Å²) in [5.41, 5.74) is 5.54. The molecule has 5 nitrogen and oxygen atoms in total. The van der Waals surface area contributed by atoms with Crippen molar-refractivity contribution >= 4 is 21.9 Å². The van der Waals surface area contributed by atoms with Crippen molar-refractivity contribution in [3.05, 3.63) is 70.8 Å². The summed E-state index contributed by atoms with van der Waals surface area (Å²) in [6, 6.07) is 13.5. The zero-order valence-corrected chi connectivity index (χ0v) is 19.5. The molecule has 1 aromatic carbocycles. The summed E-state index contributed by atoms with van der Waals surface area (Å²) in [4.78, 5) is 5.08. The summed E-state index contributed by atoms with van der Waals surface area (Å²) >= 11 is 0. The number of hydrogen-bond donors (Lipinski definition) is 1. The van der Waals surface area contributed by atoms with Gasteiger partial charge in [-0.1, -0.05) is 28.9 Å². The fourth-order valence-electron chi connectivity index (χ4n) is 6.22. The van der Waals surface area contributed by atoms with Gasteiger partial charge in [0.25, 0.3) is 0 Å². The molecule has 1 saturated heterocycles. The van der Waals surface area contributed by atoms with Crippen LogP contribution in [0.3, 0.4) is 0 Å². The van der Waals surface area contributed by atoms with Gasteiger partial charge in [-0.25, -0.2) is 9.37 Å². The lowest BCUT2D eigenvalue weighted by molar-refractivity contribution is 0.0455. The standard InChI is InChI=1S/C26H25FN4OS/c1-3-33(16-12-32-13-16)31-22-9-5-8-21(28-22)26-14-25(26)11-18(25)17-10-20(29-30-24(17)26)23-15(2)6-4-7-19(23)27/h3-10,16,18H,11-14H2,1-2H3,(H,28,31)/t18-,25?,26-,33?/m0/s1.